The smallest absolute Gasteiger partial charge is 0.241 e. The summed E-state index contributed by atoms with van der Waals surface area (Å²) < 4.78 is 46.9. The SMILES string of the molecule is Cc1cc(S(=O)(=O)NCC(=O)N2C[C@@H]3[C@H](CO)[C@H]4CN(C)C[C@]3(C2)O4)ccc1F. The van der Waals surface area contributed by atoms with Crippen LogP contribution in [0.4, 0.5) is 4.39 Å². The number of hydrogen-bond acceptors (Lipinski definition) is 6. The van der Waals surface area contributed by atoms with E-state index in [-0.39, 0.29) is 47.5 Å². The van der Waals surface area contributed by atoms with E-state index in [1.165, 1.54) is 19.1 Å². The van der Waals surface area contributed by atoms with Gasteiger partial charge in [0, 0.05) is 38.1 Å². The number of amides is 1. The molecule has 4 rings (SSSR count). The lowest BCUT2D eigenvalue weighted by Crippen LogP contribution is -2.53. The van der Waals surface area contributed by atoms with Gasteiger partial charge in [-0.1, -0.05) is 0 Å². The molecule has 3 aliphatic heterocycles. The molecule has 3 saturated heterocycles. The summed E-state index contributed by atoms with van der Waals surface area (Å²) in [6.07, 6.45) is -0.0405. The molecule has 0 aromatic heterocycles. The number of aliphatic hydroxyl groups is 1. The number of benzene rings is 1. The van der Waals surface area contributed by atoms with Gasteiger partial charge in [0.25, 0.3) is 0 Å². The molecule has 10 heteroatoms. The van der Waals surface area contributed by atoms with Crippen molar-refractivity contribution in [1.82, 2.24) is 14.5 Å². The monoisotopic (exact) mass is 427 g/mol. The minimum Gasteiger partial charge on any atom is -0.396 e. The summed E-state index contributed by atoms with van der Waals surface area (Å²) in [6, 6.07) is 3.50. The fourth-order valence-electron chi connectivity index (χ4n) is 4.98. The summed E-state index contributed by atoms with van der Waals surface area (Å²) in [5, 5.41) is 9.83. The van der Waals surface area contributed by atoms with Gasteiger partial charge < -0.3 is 19.6 Å². The van der Waals surface area contributed by atoms with Crippen LogP contribution < -0.4 is 4.72 Å². The van der Waals surface area contributed by atoms with Crippen LogP contribution in [-0.4, -0.2) is 87.3 Å². The van der Waals surface area contributed by atoms with Gasteiger partial charge in [0.05, 0.1) is 24.1 Å². The number of aliphatic hydroxyl groups excluding tert-OH is 1. The molecule has 1 spiro atoms. The molecule has 1 aromatic carbocycles. The van der Waals surface area contributed by atoms with E-state index in [1.807, 2.05) is 7.05 Å². The highest BCUT2D eigenvalue weighted by Gasteiger charge is 2.62. The highest BCUT2D eigenvalue weighted by atomic mass is 32.2. The Labute approximate surface area is 169 Å². The third-order valence-electron chi connectivity index (χ3n) is 6.38. The maximum absolute atomic E-state index is 13.4. The molecular formula is C19H26FN3O5S. The minimum atomic E-state index is -3.93. The van der Waals surface area contributed by atoms with Crippen molar-refractivity contribution in [2.45, 2.75) is 23.5 Å². The number of likely N-dealkylation sites (N-methyl/N-ethyl adjacent to an activating group) is 1. The van der Waals surface area contributed by atoms with E-state index in [0.29, 0.717) is 19.6 Å². The normalized spacial score (nSPS) is 31.9. The third-order valence-corrected chi connectivity index (χ3v) is 7.78. The molecule has 0 saturated carbocycles. The van der Waals surface area contributed by atoms with Crippen LogP contribution in [0.25, 0.3) is 0 Å². The van der Waals surface area contributed by atoms with Gasteiger partial charge in [-0.3, -0.25) is 4.79 Å². The van der Waals surface area contributed by atoms with Crippen molar-refractivity contribution in [2.75, 3.05) is 46.4 Å². The Kier molecular flexibility index (Phi) is 5.19. The Balaban J connectivity index is 1.43. The zero-order valence-electron chi connectivity index (χ0n) is 16.5. The number of nitrogens with one attached hydrogen (secondary N) is 1. The van der Waals surface area contributed by atoms with Crippen molar-refractivity contribution in [3.05, 3.63) is 29.6 Å². The second-order valence-corrected chi connectivity index (χ2v) is 10.1. The molecule has 8 nitrogen and oxygen atoms in total. The summed E-state index contributed by atoms with van der Waals surface area (Å²) >= 11 is 0. The number of rotatable bonds is 5. The zero-order valence-corrected chi connectivity index (χ0v) is 17.3. The Bertz CT molecular complexity index is 926. The largest absolute Gasteiger partial charge is 0.396 e. The van der Waals surface area contributed by atoms with E-state index in [2.05, 4.69) is 9.62 Å². The average Bonchev–Trinajstić information content (AvgIpc) is 3.09. The number of morpholine rings is 1. The lowest BCUT2D eigenvalue weighted by Gasteiger charge is -2.38. The number of nitrogens with zero attached hydrogens (tertiary/aromatic N) is 2. The number of halogens is 1. The van der Waals surface area contributed by atoms with Crippen LogP contribution in [0.3, 0.4) is 0 Å². The van der Waals surface area contributed by atoms with Gasteiger partial charge in [0.15, 0.2) is 0 Å². The molecule has 0 radical (unpaired) electrons. The number of aryl methyl sites for hydroxylation is 1. The molecule has 4 atom stereocenters. The van der Waals surface area contributed by atoms with Gasteiger partial charge in [0.2, 0.25) is 15.9 Å². The van der Waals surface area contributed by atoms with Crippen molar-refractivity contribution in [3.8, 4) is 0 Å². The third kappa shape index (κ3) is 3.57. The van der Waals surface area contributed by atoms with Crippen LogP contribution in [0.15, 0.2) is 23.1 Å². The average molecular weight is 427 g/mol. The standard InChI is InChI=1S/C19H26FN3O5S/c1-12-5-13(3-4-16(12)20)29(26,27)21-6-18(25)23-7-15-14(9-24)17-8-22(2)10-19(15,11-23)28-17/h3-5,14-15,17,21,24H,6-11H2,1-2H3/t14-,15+,17+,19+/m0/s1. The van der Waals surface area contributed by atoms with Gasteiger partial charge in [0.1, 0.15) is 11.4 Å². The Morgan fingerprint density at radius 3 is 2.83 bits per heavy atom. The predicted octanol–water partition coefficient (Wildman–Crippen LogP) is -0.438. The van der Waals surface area contributed by atoms with Crippen LogP contribution in [0.2, 0.25) is 0 Å². The summed E-state index contributed by atoms with van der Waals surface area (Å²) in [5.41, 5.74) is -0.290. The number of likely N-dealkylation sites (tertiary alicyclic amines) is 2. The predicted molar refractivity (Wildman–Crippen MR) is 102 cm³/mol. The molecule has 3 aliphatic rings. The number of carbonyl (C=O) groups is 1. The minimum absolute atomic E-state index is 0.00347. The second kappa shape index (κ2) is 7.28. The summed E-state index contributed by atoms with van der Waals surface area (Å²) in [6.45, 7) is 3.35. The fraction of sp³-hybridized carbons (Fsp3) is 0.632. The van der Waals surface area contributed by atoms with Gasteiger partial charge in [-0.25, -0.2) is 17.5 Å². The Morgan fingerprint density at radius 2 is 2.14 bits per heavy atom. The molecular weight excluding hydrogens is 401 g/mol. The van der Waals surface area contributed by atoms with Gasteiger partial charge in [-0.05, 0) is 37.7 Å². The molecule has 3 heterocycles. The molecule has 1 amide bonds. The molecule has 1 aromatic rings. The summed E-state index contributed by atoms with van der Waals surface area (Å²) in [5.74, 6) is -0.835. The van der Waals surface area contributed by atoms with E-state index < -0.39 is 21.4 Å². The summed E-state index contributed by atoms with van der Waals surface area (Å²) in [4.78, 5) is 16.4. The van der Waals surface area contributed by atoms with E-state index in [1.54, 1.807) is 4.90 Å². The maximum Gasteiger partial charge on any atom is 0.241 e. The molecule has 0 unspecified atom stereocenters. The topological polar surface area (TPSA) is 99.2 Å². The van der Waals surface area contributed by atoms with Crippen molar-refractivity contribution in [2.24, 2.45) is 11.8 Å². The van der Waals surface area contributed by atoms with Crippen LogP contribution in [0.1, 0.15) is 5.56 Å². The highest BCUT2D eigenvalue weighted by molar-refractivity contribution is 7.89. The Hall–Kier alpha value is -1.59. The first kappa shape index (κ1) is 20.7. The van der Waals surface area contributed by atoms with E-state index in [0.717, 1.165) is 12.6 Å². The lowest BCUT2D eigenvalue weighted by molar-refractivity contribution is -0.136. The number of carbonyl (C=O) groups excluding carboxylic acids is 1. The van der Waals surface area contributed by atoms with E-state index in [9.17, 15) is 22.7 Å². The molecule has 3 fully saturated rings. The number of fused-ring (bicyclic) bond motifs is 1. The Morgan fingerprint density at radius 1 is 1.38 bits per heavy atom. The number of hydrogen-bond donors (Lipinski definition) is 2. The zero-order chi connectivity index (χ0) is 21.0. The molecule has 2 bridgehead atoms. The van der Waals surface area contributed by atoms with Crippen molar-refractivity contribution < 1.29 is 27.4 Å². The summed E-state index contributed by atoms with van der Waals surface area (Å²) in [7, 11) is -1.93. The molecule has 0 aliphatic carbocycles. The first-order valence-electron chi connectivity index (χ1n) is 9.66. The first-order valence-corrected chi connectivity index (χ1v) is 11.1. The van der Waals surface area contributed by atoms with E-state index in [4.69, 9.17) is 4.74 Å². The number of sulfonamides is 1. The first-order chi connectivity index (χ1) is 13.6. The fourth-order valence-corrected chi connectivity index (χ4v) is 6.04. The lowest BCUT2D eigenvalue weighted by atomic mass is 9.83. The quantitative estimate of drug-likeness (QED) is 0.661. The van der Waals surface area contributed by atoms with Crippen LogP contribution in [0.5, 0.6) is 0 Å². The van der Waals surface area contributed by atoms with Crippen molar-refractivity contribution in [1.29, 1.82) is 0 Å². The van der Waals surface area contributed by atoms with Gasteiger partial charge >= 0.3 is 0 Å². The van der Waals surface area contributed by atoms with Crippen molar-refractivity contribution in [3.63, 3.8) is 0 Å². The van der Waals surface area contributed by atoms with Crippen LogP contribution >= 0.6 is 0 Å². The molecule has 160 valence electrons. The van der Waals surface area contributed by atoms with Gasteiger partial charge in [-0.15, -0.1) is 0 Å². The maximum atomic E-state index is 13.4. The molecule has 2 N–H and O–H groups in total. The second-order valence-electron chi connectivity index (χ2n) is 8.38. The van der Waals surface area contributed by atoms with E-state index >= 15 is 0 Å². The van der Waals surface area contributed by atoms with Crippen molar-refractivity contribution >= 4 is 15.9 Å². The van der Waals surface area contributed by atoms with Gasteiger partial charge in [-0.2, -0.15) is 0 Å². The molecule has 29 heavy (non-hydrogen) atoms. The van der Waals surface area contributed by atoms with Crippen LogP contribution in [0, 0.1) is 24.6 Å². The highest BCUT2D eigenvalue weighted by Crippen LogP contribution is 2.48. The van der Waals surface area contributed by atoms with Crippen LogP contribution in [-0.2, 0) is 19.6 Å². The number of ether oxygens (including phenoxy) is 1.